The van der Waals surface area contributed by atoms with E-state index in [4.69, 9.17) is 0 Å². The van der Waals surface area contributed by atoms with E-state index in [1.807, 2.05) is 0 Å². The van der Waals surface area contributed by atoms with Gasteiger partial charge in [0.15, 0.2) is 5.78 Å². The van der Waals surface area contributed by atoms with Crippen molar-refractivity contribution in [1.29, 1.82) is 0 Å². The van der Waals surface area contributed by atoms with Crippen LogP contribution in [0.15, 0.2) is 11.8 Å². The van der Waals surface area contributed by atoms with Crippen LogP contribution in [-0.4, -0.2) is 24.3 Å². The molecule has 0 bridgehead atoms. The molecule has 0 radical (unpaired) electrons. The topological polar surface area (TPSA) is 58.2 Å². The number of carbonyl (C=O) groups excluding carboxylic acids is 2. The molecule has 2 aliphatic rings. The van der Waals surface area contributed by atoms with Gasteiger partial charge in [-0.25, -0.2) is 0 Å². The van der Waals surface area contributed by atoms with Crippen LogP contribution in [0.2, 0.25) is 0 Å². The Kier molecular flexibility index (Phi) is 2.52. The number of rotatable bonds is 3. The van der Waals surface area contributed by atoms with Crippen molar-refractivity contribution in [1.82, 2.24) is 10.6 Å². The maximum Gasteiger partial charge on any atom is 0.220 e. The predicted octanol–water partition coefficient (Wildman–Crippen LogP) is 0.101. The van der Waals surface area contributed by atoms with Crippen LogP contribution >= 0.6 is 0 Å². The van der Waals surface area contributed by atoms with Crippen molar-refractivity contribution < 1.29 is 9.59 Å². The van der Waals surface area contributed by atoms with Gasteiger partial charge in [0.2, 0.25) is 5.91 Å². The van der Waals surface area contributed by atoms with Crippen LogP contribution in [0, 0.1) is 0 Å². The molecule has 0 spiro atoms. The number of hydrogen-bond donors (Lipinski definition) is 2. The van der Waals surface area contributed by atoms with Crippen molar-refractivity contribution >= 4 is 11.7 Å². The number of allylic oxidation sites excluding steroid dienone is 2. The van der Waals surface area contributed by atoms with E-state index in [1.54, 1.807) is 6.08 Å². The molecule has 2 rings (SSSR count). The Bertz CT molecular complexity index is 296. The normalized spacial score (nSPS) is 26.3. The largest absolute Gasteiger partial charge is 0.386 e. The monoisotopic (exact) mass is 194 g/mol. The molecule has 76 valence electrons. The Morgan fingerprint density at radius 1 is 1.36 bits per heavy atom. The fourth-order valence-corrected chi connectivity index (χ4v) is 1.82. The molecular weight excluding hydrogens is 180 g/mol. The van der Waals surface area contributed by atoms with Crippen LogP contribution in [0.5, 0.6) is 0 Å². The van der Waals surface area contributed by atoms with Gasteiger partial charge in [0.05, 0.1) is 0 Å². The highest BCUT2D eigenvalue weighted by atomic mass is 16.2. The lowest BCUT2D eigenvalue weighted by atomic mass is 10.2. The first kappa shape index (κ1) is 9.24. The van der Waals surface area contributed by atoms with Gasteiger partial charge in [-0.15, -0.1) is 0 Å². The Hall–Kier alpha value is -1.32. The summed E-state index contributed by atoms with van der Waals surface area (Å²) in [5.74, 6) is 0.330. The van der Waals surface area contributed by atoms with Gasteiger partial charge in [-0.2, -0.15) is 0 Å². The van der Waals surface area contributed by atoms with Crippen LogP contribution in [0.25, 0.3) is 0 Å². The number of amides is 1. The molecule has 4 nitrogen and oxygen atoms in total. The summed E-state index contributed by atoms with van der Waals surface area (Å²) in [6, 6.07) is 0.235. The second-order valence-electron chi connectivity index (χ2n) is 3.82. The fraction of sp³-hybridized carbons (Fsp3) is 0.600. The first-order valence-electron chi connectivity index (χ1n) is 5.00. The molecular formula is C10H14N2O2. The summed E-state index contributed by atoms with van der Waals surface area (Å²) >= 11 is 0. The molecule has 1 heterocycles. The highest BCUT2D eigenvalue weighted by Gasteiger charge is 2.21. The fourth-order valence-electron chi connectivity index (χ4n) is 1.82. The Balaban J connectivity index is 1.75. The van der Waals surface area contributed by atoms with Crippen molar-refractivity contribution in [3.05, 3.63) is 11.8 Å². The summed E-state index contributed by atoms with van der Waals surface area (Å²) in [5.41, 5.74) is 1.01. The molecule has 1 fully saturated rings. The number of hydrogen-bond acceptors (Lipinski definition) is 3. The maximum atomic E-state index is 10.9. The van der Waals surface area contributed by atoms with E-state index in [1.165, 1.54) is 0 Å². The Morgan fingerprint density at radius 2 is 2.21 bits per heavy atom. The summed E-state index contributed by atoms with van der Waals surface area (Å²) in [6.07, 6.45) is 4.63. The smallest absolute Gasteiger partial charge is 0.220 e. The molecule has 1 aliphatic carbocycles. The molecule has 4 heteroatoms. The quantitative estimate of drug-likeness (QED) is 0.670. The molecule has 0 aromatic heterocycles. The minimum Gasteiger partial charge on any atom is -0.386 e. The van der Waals surface area contributed by atoms with E-state index >= 15 is 0 Å². The van der Waals surface area contributed by atoms with Crippen molar-refractivity contribution in [3.8, 4) is 0 Å². The summed E-state index contributed by atoms with van der Waals surface area (Å²) in [4.78, 5) is 21.8. The first-order valence-corrected chi connectivity index (χ1v) is 5.00. The summed E-state index contributed by atoms with van der Waals surface area (Å²) in [5, 5.41) is 6.08. The van der Waals surface area contributed by atoms with Gasteiger partial charge in [0, 0.05) is 37.2 Å². The third-order valence-electron chi connectivity index (χ3n) is 2.64. The van der Waals surface area contributed by atoms with Gasteiger partial charge in [0.25, 0.3) is 0 Å². The highest BCUT2D eigenvalue weighted by Crippen LogP contribution is 2.12. The van der Waals surface area contributed by atoms with Gasteiger partial charge in [0.1, 0.15) is 0 Å². The highest BCUT2D eigenvalue weighted by molar-refractivity contribution is 5.92. The number of carbonyl (C=O) groups is 2. The van der Waals surface area contributed by atoms with Crippen LogP contribution in [-0.2, 0) is 9.59 Å². The van der Waals surface area contributed by atoms with E-state index in [0.717, 1.165) is 25.1 Å². The number of nitrogens with one attached hydrogen (secondary N) is 2. The SMILES string of the molecule is O=C1C=C(NCC2CCC(=O)N2)CC1. The van der Waals surface area contributed by atoms with Crippen molar-refractivity contribution in [2.75, 3.05) is 6.54 Å². The summed E-state index contributed by atoms with van der Waals surface area (Å²) in [7, 11) is 0. The Morgan fingerprint density at radius 3 is 2.79 bits per heavy atom. The summed E-state index contributed by atoms with van der Waals surface area (Å²) < 4.78 is 0. The lowest BCUT2D eigenvalue weighted by Gasteiger charge is -2.12. The second-order valence-corrected chi connectivity index (χ2v) is 3.82. The molecule has 0 saturated carbocycles. The van der Waals surface area contributed by atoms with E-state index in [2.05, 4.69) is 10.6 Å². The number of ketones is 1. The lowest BCUT2D eigenvalue weighted by Crippen LogP contribution is -2.35. The van der Waals surface area contributed by atoms with Gasteiger partial charge < -0.3 is 10.6 Å². The van der Waals surface area contributed by atoms with Gasteiger partial charge >= 0.3 is 0 Å². The van der Waals surface area contributed by atoms with E-state index in [9.17, 15) is 9.59 Å². The molecule has 0 aromatic carbocycles. The third-order valence-corrected chi connectivity index (χ3v) is 2.64. The van der Waals surface area contributed by atoms with E-state index in [0.29, 0.717) is 12.8 Å². The molecule has 14 heavy (non-hydrogen) atoms. The zero-order valence-corrected chi connectivity index (χ0v) is 8.01. The van der Waals surface area contributed by atoms with Crippen LogP contribution in [0.3, 0.4) is 0 Å². The van der Waals surface area contributed by atoms with Crippen LogP contribution in [0.4, 0.5) is 0 Å². The second kappa shape index (κ2) is 3.82. The van der Waals surface area contributed by atoms with Gasteiger partial charge in [-0.05, 0) is 12.8 Å². The van der Waals surface area contributed by atoms with Crippen molar-refractivity contribution in [3.63, 3.8) is 0 Å². The molecule has 1 amide bonds. The molecule has 1 aliphatic heterocycles. The molecule has 1 atom stereocenters. The molecule has 1 saturated heterocycles. The lowest BCUT2D eigenvalue weighted by molar-refractivity contribution is -0.119. The standard InChI is InChI=1S/C10H14N2O2/c13-9-3-1-7(5-9)11-6-8-2-4-10(14)12-8/h5,8,11H,1-4,6H2,(H,12,14). The maximum absolute atomic E-state index is 10.9. The van der Waals surface area contributed by atoms with Crippen molar-refractivity contribution in [2.45, 2.75) is 31.7 Å². The molecule has 0 aromatic rings. The molecule has 1 unspecified atom stereocenters. The molecule has 2 N–H and O–H groups in total. The average molecular weight is 194 g/mol. The van der Waals surface area contributed by atoms with Crippen molar-refractivity contribution in [2.24, 2.45) is 0 Å². The Labute approximate surface area is 82.7 Å². The zero-order valence-electron chi connectivity index (χ0n) is 8.01. The summed E-state index contributed by atoms with van der Waals surface area (Å²) in [6.45, 7) is 0.741. The minimum absolute atomic E-state index is 0.133. The van der Waals surface area contributed by atoms with Crippen LogP contribution in [0.1, 0.15) is 25.7 Å². The minimum atomic E-state index is 0.133. The van der Waals surface area contributed by atoms with Gasteiger partial charge in [-0.3, -0.25) is 9.59 Å². The first-order chi connectivity index (χ1) is 6.74. The third kappa shape index (κ3) is 2.13. The van der Waals surface area contributed by atoms with E-state index < -0.39 is 0 Å². The van der Waals surface area contributed by atoms with Gasteiger partial charge in [-0.1, -0.05) is 0 Å². The average Bonchev–Trinajstić information content (AvgIpc) is 2.72. The zero-order chi connectivity index (χ0) is 9.97. The van der Waals surface area contributed by atoms with Crippen LogP contribution < -0.4 is 10.6 Å². The van der Waals surface area contributed by atoms with E-state index in [-0.39, 0.29) is 17.7 Å². The predicted molar refractivity (Wildman–Crippen MR) is 51.5 cm³/mol.